The summed E-state index contributed by atoms with van der Waals surface area (Å²) in [5.74, 6) is 0. The van der Waals surface area contributed by atoms with Crippen molar-refractivity contribution in [2.24, 2.45) is 0 Å². The summed E-state index contributed by atoms with van der Waals surface area (Å²) < 4.78 is 16.3. The maximum absolute atomic E-state index is 11.3. The molecule has 1 saturated carbocycles. The highest BCUT2D eigenvalue weighted by molar-refractivity contribution is 4.69. The first-order valence-electron chi connectivity index (χ1n) is 11.4. The number of unbranched alkanes of at least 4 members (excludes halogenated alkanes) is 3. The molecule has 5 heteroatoms. The zero-order valence-electron chi connectivity index (χ0n) is 19.9. The molecule has 168 valence electrons. The summed E-state index contributed by atoms with van der Waals surface area (Å²) in [6, 6.07) is 0. The average Bonchev–Trinajstić information content (AvgIpc) is 2.70. The molecule has 0 aromatic heterocycles. The summed E-state index contributed by atoms with van der Waals surface area (Å²) in [5, 5.41) is 0. The van der Waals surface area contributed by atoms with E-state index < -0.39 is 0 Å². The zero-order valence-corrected chi connectivity index (χ0v) is 19.9. The monoisotopic (exact) mass is 394 g/mol. The van der Waals surface area contributed by atoms with Gasteiger partial charge in [-0.3, -0.25) is 0 Å². The van der Waals surface area contributed by atoms with Gasteiger partial charge in [-0.1, -0.05) is 54.4 Å². The molecule has 0 bridgehead atoms. The Balaban J connectivity index is -0.000000397. The number of ether oxygens (including phenoxy) is 1. The van der Waals surface area contributed by atoms with Crippen molar-refractivity contribution in [2.75, 3.05) is 53.5 Å². The van der Waals surface area contributed by atoms with Gasteiger partial charge in [-0.25, -0.2) is 0 Å². The molecule has 0 aromatic carbocycles. The number of rotatable bonds is 8. The van der Waals surface area contributed by atoms with Crippen molar-refractivity contribution >= 4 is 0 Å². The van der Waals surface area contributed by atoms with Crippen LogP contribution < -0.4 is 0 Å². The highest BCUT2D eigenvalue weighted by atomic mass is 19.3. The molecule has 0 atom stereocenters. The summed E-state index contributed by atoms with van der Waals surface area (Å²) in [7, 11) is 3.96. The average molecular weight is 395 g/mol. The standard InChI is InChI=1S/C11H23FN2O.C5H10O.3C2H6/c1-13-7-9-14(10-8-13)6-4-2-3-5-11-15-12;1-6-5-3-2-4-5;3*1-2/h2-11H2,1H3;5H,2-4H2,1H3;3*1-2H3. The van der Waals surface area contributed by atoms with Crippen LogP contribution in [-0.2, 0) is 9.68 Å². The first-order chi connectivity index (χ1) is 13.3. The quantitative estimate of drug-likeness (QED) is 0.474. The Hall–Kier alpha value is -0.230. The molecule has 1 aliphatic carbocycles. The minimum Gasteiger partial charge on any atom is -0.381 e. The highest BCUT2D eigenvalue weighted by Gasteiger charge is 2.15. The predicted molar refractivity (Wildman–Crippen MR) is 118 cm³/mol. The van der Waals surface area contributed by atoms with Gasteiger partial charge in [-0.2, -0.15) is 4.94 Å². The van der Waals surface area contributed by atoms with E-state index in [1.165, 1.54) is 64.8 Å². The van der Waals surface area contributed by atoms with Gasteiger partial charge in [0.25, 0.3) is 0 Å². The van der Waals surface area contributed by atoms with E-state index in [2.05, 4.69) is 21.8 Å². The van der Waals surface area contributed by atoms with Gasteiger partial charge < -0.3 is 14.5 Å². The van der Waals surface area contributed by atoms with Crippen molar-refractivity contribution in [3.05, 3.63) is 0 Å². The number of piperazine rings is 1. The van der Waals surface area contributed by atoms with Crippen LogP contribution in [0.2, 0.25) is 0 Å². The van der Waals surface area contributed by atoms with Gasteiger partial charge >= 0.3 is 0 Å². The van der Waals surface area contributed by atoms with Gasteiger partial charge in [0.15, 0.2) is 0 Å². The Morgan fingerprint density at radius 3 is 1.70 bits per heavy atom. The fourth-order valence-corrected chi connectivity index (χ4v) is 2.52. The van der Waals surface area contributed by atoms with Gasteiger partial charge in [-0.15, -0.1) is 0 Å². The van der Waals surface area contributed by atoms with E-state index in [0.717, 1.165) is 12.8 Å². The molecule has 0 radical (unpaired) electrons. The van der Waals surface area contributed by atoms with Gasteiger partial charge in [0, 0.05) is 33.3 Å². The molecule has 4 nitrogen and oxygen atoms in total. The lowest BCUT2D eigenvalue weighted by Crippen LogP contribution is -2.44. The lowest BCUT2D eigenvalue weighted by atomic mass is 9.96. The van der Waals surface area contributed by atoms with E-state index in [4.69, 9.17) is 4.74 Å². The van der Waals surface area contributed by atoms with Crippen LogP contribution >= 0.6 is 0 Å². The predicted octanol–water partition coefficient (Wildman–Crippen LogP) is 5.96. The summed E-state index contributed by atoms with van der Waals surface area (Å²) in [6.45, 7) is 18.2. The van der Waals surface area contributed by atoms with Crippen molar-refractivity contribution in [1.82, 2.24) is 9.80 Å². The van der Waals surface area contributed by atoms with Crippen LogP contribution in [0, 0.1) is 0 Å². The molecular formula is C22H51FN2O2. The van der Waals surface area contributed by atoms with E-state index in [0.29, 0.717) is 6.10 Å². The van der Waals surface area contributed by atoms with Crippen LogP contribution in [0.1, 0.15) is 86.5 Å². The fraction of sp³-hybridized carbons (Fsp3) is 1.00. The first-order valence-corrected chi connectivity index (χ1v) is 11.4. The van der Waals surface area contributed by atoms with E-state index >= 15 is 0 Å². The number of hydrogen-bond donors (Lipinski definition) is 0. The van der Waals surface area contributed by atoms with Gasteiger partial charge in [0.05, 0.1) is 12.7 Å². The maximum atomic E-state index is 11.3. The molecule has 0 unspecified atom stereocenters. The smallest absolute Gasteiger partial charge is 0.0876 e. The number of nitrogens with zero attached hydrogens (tertiary/aromatic N) is 2. The second kappa shape index (κ2) is 28.0. The second-order valence-corrected chi connectivity index (χ2v) is 6.16. The number of hydrogen-bond acceptors (Lipinski definition) is 4. The molecular weight excluding hydrogens is 343 g/mol. The Bertz CT molecular complexity index is 232. The SMILES string of the molecule is CC.CC.CC.CN1CCN(CCCCCCOF)CC1.COC1CCC1. The van der Waals surface area contributed by atoms with Crippen molar-refractivity contribution in [1.29, 1.82) is 0 Å². The maximum Gasteiger partial charge on any atom is 0.0876 e. The van der Waals surface area contributed by atoms with Crippen LogP contribution in [-0.4, -0.2) is 69.4 Å². The normalized spacial score (nSPS) is 16.8. The van der Waals surface area contributed by atoms with E-state index in [9.17, 15) is 4.53 Å². The Morgan fingerprint density at radius 1 is 0.815 bits per heavy atom. The number of halogens is 1. The molecule has 2 rings (SSSR count). The van der Waals surface area contributed by atoms with Gasteiger partial charge in [0.1, 0.15) is 0 Å². The minimum atomic E-state index is 0.258. The Kier molecular flexibility index (Phi) is 32.6. The van der Waals surface area contributed by atoms with Crippen LogP contribution in [0.25, 0.3) is 0 Å². The fourth-order valence-electron chi connectivity index (χ4n) is 2.52. The molecule has 0 spiro atoms. The van der Waals surface area contributed by atoms with E-state index in [1.54, 1.807) is 7.11 Å². The lowest BCUT2D eigenvalue weighted by Gasteiger charge is -2.32. The molecule has 0 N–H and O–H groups in total. The number of likely N-dealkylation sites (N-methyl/N-ethyl adjacent to an activating group) is 1. The first kappa shape index (κ1) is 31.5. The van der Waals surface area contributed by atoms with Gasteiger partial charge in [-0.05, 0) is 50.2 Å². The van der Waals surface area contributed by atoms with E-state index in [1.807, 2.05) is 41.5 Å². The summed E-state index contributed by atoms with van der Waals surface area (Å²) in [5.41, 5.74) is 0. The molecule has 27 heavy (non-hydrogen) atoms. The zero-order chi connectivity index (χ0) is 21.3. The largest absolute Gasteiger partial charge is 0.381 e. The summed E-state index contributed by atoms with van der Waals surface area (Å²) in [4.78, 5) is 8.42. The summed E-state index contributed by atoms with van der Waals surface area (Å²) in [6.07, 6.45) is 8.92. The molecule has 1 aliphatic heterocycles. The molecule has 0 aromatic rings. The second-order valence-electron chi connectivity index (χ2n) is 6.16. The minimum absolute atomic E-state index is 0.258. The highest BCUT2D eigenvalue weighted by Crippen LogP contribution is 2.20. The van der Waals surface area contributed by atoms with Crippen molar-refractivity contribution < 1.29 is 14.2 Å². The number of methoxy groups -OCH3 is 1. The third-order valence-corrected chi connectivity index (χ3v) is 4.43. The lowest BCUT2D eigenvalue weighted by molar-refractivity contribution is -0.133. The van der Waals surface area contributed by atoms with Crippen molar-refractivity contribution in [2.45, 2.75) is 92.6 Å². The van der Waals surface area contributed by atoms with E-state index in [-0.39, 0.29) is 6.61 Å². The van der Waals surface area contributed by atoms with Crippen LogP contribution in [0.3, 0.4) is 0 Å². The van der Waals surface area contributed by atoms with Gasteiger partial charge in [0.2, 0.25) is 0 Å². The van der Waals surface area contributed by atoms with Crippen LogP contribution in [0.4, 0.5) is 4.53 Å². The van der Waals surface area contributed by atoms with Crippen LogP contribution in [0.5, 0.6) is 0 Å². The molecule has 2 aliphatic rings. The summed E-state index contributed by atoms with van der Waals surface area (Å²) >= 11 is 0. The molecule has 0 amide bonds. The molecule has 1 heterocycles. The third-order valence-electron chi connectivity index (χ3n) is 4.43. The Labute approximate surface area is 170 Å². The van der Waals surface area contributed by atoms with Crippen molar-refractivity contribution in [3.8, 4) is 0 Å². The van der Waals surface area contributed by atoms with Crippen LogP contribution in [0.15, 0.2) is 0 Å². The van der Waals surface area contributed by atoms with Crippen molar-refractivity contribution in [3.63, 3.8) is 0 Å². The topological polar surface area (TPSA) is 24.9 Å². The Morgan fingerprint density at radius 2 is 1.33 bits per heavy atom. The third kappa shape index (κ3) is 21.9. The molecule has 1 saturated heterocycles. The molecule has 2 fully saturated rings.